The number of aryl methyl sites for hydroxylation is 1. The van der Waals surface area contributed by atoms with Crippen LogP contribution in [0.4, 0.5) is 0 Å². The minimum absolute atomic E-state index is 0.222. The molecule has 3 rings (SSSR count). The number of carbonyl (C=O) groups excluding carboxylic acids is 1. The van der Waals surface area contributed by atoms with E-state index in [1.54, 1.807) is 0 Å². The van der Waals surface area contributed by atoms with E-state index in [4.69, 9.17) is 0 Å². The zero-order chi connectivity index (χ0) is 16.9. The Balaban J connectivity index is 1.52. The van der Waals surface area contributed by atoms with Crippen LogP contribution in [0.3, 0.4) is 0 Å². The van der Waals surface area contributed by atoms with Crippen LogP contribution in [0.2, 0.25) is 0 Å². The lowest BCUT2D eigenvalue weighted by Gasteiger charge is -2.38. The molecule has 0 saturated carbocycles. The van der Waals surface area contributed by atoms with Gasteiger partial charge in [0.05, 0.1) is 6.54 Å². The smallest absolute Gasteiger partial charge is 0.176 e. The standard InChI is InChI=1S/C21H26N2O/c1-17-8-10-20(11-9-17)21(24)16-22-12-14-23(15-13-22)18(2)19-6-4-3-5-7-19/h3-11,18H,12-16H2,1-2H3/t18-/m1/s1. The second-order valence-corrected chi connectivity index (χ2v) is 6.69. The minimum atomic E-state index is 0.222. The molecule has 1 heterocycles. The van der Waals surface area contributed by atoms with Gasteiger partial charge in [0.1, 0.15) is 0 Å². The van der Waals surface area contributed by atoms with Crippen molar-refractivity contribution in [1.29, 1.82) is 0 Å². The molecular weight excluding hydrogens is 296 g/mol. The molecule has 0 N–H and O–H groups in total. The Labute approximate surface area is 144 Å². The van der Waals surface area contributed by atoms with Crippen molar-refractivity contribution in [3.63, 3.8) is 0 Å². The Kier molecular flexibility index (Phi) is 5.44. The summed E-state index contributed by atoms with van der Waals surface area (Å²) < 4.78 is 0. The summed E-state index contributed by atoms with van der Waals surface area (Å²) in [5.74, 6) is 0.222. The molecule has 1 aliphatic heterocycles. The number of nitrogens with zero attached hydrogens (tertiary/aromatic N) is 2. The zero-order valence-corrected chi connectivity index (χ0v) is 14.6. The summed E-state index contributed by atoms with van der Waals surface area (Å²) in [7, 11) is 0. The van der Waals surface area contributed by atoms with Crippen LogP contribution in [0.1, 0.15) is 34.5 Å². The quantitative estimate of drug-likeness (QED) is 0.787. The fourth-order valence-electron chi connectivity index (χ4n) is 3.28. The van der Waals surface area contributed by atoms with Gasteiger partial charge in [-0.05, 0) is 19.4 Å². The molecule has 0 bridgehead atoms. The number of rotatable bonds is 5. The minimum Gasteiger partial charge on any atom is -0.294 e. The molecule has 0 spiro atoms. The monoisotopic (exact) mass is 322 g/mol. The summed E-state index contributed by atoms with van der Waals surface area (Å²) in [5, 5.41) is 0. The first-order valence-corrected chi connectivity index (χ1v) is 8.75. The molecule has 1 fully saturated rings. The maximum Gasteiger partial charge on any atom is 0.176 e. The number of benzene rings is 2. The van der Waals surface area contributed by atoms with Crippen molar-refractivity contribution >= 4 is 5.78 Å². The average Bonchev–Trinajstić information content (AvgIpc) is 2.63. The summed E-state index contributed by atoms with van der Waals surface area (Å²) in [5.41, 5.74) is 3.37. The molecule has 2 aromatic rings. The fourth-order valence-corrected chi connectivity index (χ4v) is 3.28. The number of piperazine rings is 1. The third kappa shape index (κ3) is 4.11. The van der Waals surface area contributed by atoms with Gasteiger partial charge >= 0.3 is 0 Å². The van der Waals surface area contributed by atoms with Crippen molar-refractivity contribution in [1.82, 2.24) is 9.80 Å². The van der Waals surface area contributed by atoms with Crippen LogP contribution in [0.25, 0.3) is 0 Å². The van der Waals surface area contributed by atoms with Crippen LogP contribution in [-0.2, 0) is 0 Å². The second kappa shape index (κ2) is 7.73. The predicted molar refractivity (Wildman–Crippen MR) is 98.4 cm³/mol. The lowest BCUT2D eigenvalue weighted by atomic mass is 10.1. The summed E-state index contributed by atoms with van der Waals surface area (Å²) >= 11 is 0. The molecule has 0 aromatic heterocycles. The molecule has 126 valence electrons. The summed E-state index contributed by atoms with van der Waals surface area (Å²) in [6, 6.07) is 19.0. The van der Waals surface area contributed by atoms with Gasteiger partial charge in [-0.15, -0.1) is 0 Å². The fraction of sp³-hybridized carbons (Fsp3) is 0.381. The Morgan fingerprint density at radius 3 is 2.21 bits per heavy atom. The van der Waals surface area contributed by atoms with Crippen LogP contribution in [0, 0.1) is 6.92 Å². The summed E-state index contributed by atoms with van der Waals surface area (Å²) in [4.78, 5) is 17.2. The van der Waals surface area contributed by atoms with Crippen LogP contribution in [0.5, 0.6) is 0 Å². The van der Waals surface area contributed by atoms with E-state index < -0.39 is 0 Å². The molecular formula is C21H26N2O. The third-order valence-electron chi connectivity index (χ3n) is 4.98. The van der Waals surface area contributed by atoms with Gasteiger partial charge in [0.25, 0.3) is 0 Å². The number of Topliss-reactive ketones (excluding diaryl/α,β-unsaturated/α-hetero) is 1. The molecule has 2 aromatic carbocycles. The average molecular weight is 322 g/mol. The highest BCUT2D eigenvalue weighted by atomic mass is 16.1. The molecule has 0 amide bonds. The summed E-state index contributed by atoms with van der Waals surface area (Å²) in [6.07, 6.45) is 0. The van der Waals surface area contributed by atoms with E-state index in [0.717, 1.165) is 31.7 Å². The highest BCUT2D eigenvalue weighted by Crippen LogP contribution is 2.21. The van der Waals surface area contributed by atoms with Crippen LogP contribution in [-0.4, -0.2) is 48.3 Å². The number of ketones is 1. The van der Waals surface area contributed by atoms with Gasteiger partial charge in [-0.3, -0.25) is 14.6 Å². The number of hydrogen-bond donors (Lipinski definition) is 0. The first kappa shape index (κ1) is 16.9. The molecule has 3 heteroatoms. The van der Waals surface area contributed by atoms with Crippen molar-refractivity contribution in [3.05, 3.63) is 71.3 Å². The lowest BCUT2D eigenvalue weighted by molar-refractivity contribution is 0.0788. The molecule has 24 heavy (non-hydrogen) atoms. The molecule has 1 atom stereocenters. The molecule has 0 radical (unpaired) electrons. The number of hydrogen-bond acceptors (Lipinski definition) is 3. The van der Waals surface area contributed by atoms with Crippen LogP contribution < -0.4 is 0 Å². The Hall–Kier alpha value is -1.97. The van der Waals surface area contributed by atoms with Gasteiger partial charge in [-0.2, -0.15) is 0 Å². The topological polar surface area (TPSA) is 23.6 Å². The summed E-state index contributed by atoms with van der Waals surface area (Å²) in [6.45, 7) is 8.76. The van der Waals surface area contributed by atoms with Gasteiger partial charge in [-0.25, -0.2) is 0 Å². The Morgan fingerprint density at radius 1 is 0.958 bits per heavy atom. The lowest BCUT2D eigenvalue weighted by Crippen LogP contribution is -2.48. The molecule has 1 aliphatic rings. The van der Waals surface area contributed by atoms with Gasteiger partial charge in [0.15, 0.2) is 5.78 Å². The first-order valence-electron chi connectivity index (χ1n) is 8.75. The van der Waals surface area contributed by atoms with Crippen LogP contribution in [0.15, 0.2) is 54.6 Å². The highest BCUT2D eigenvalue weighted by molar-refractivity contribution is 5.97. The molecule has 0 unspecified atom stereocenters. The van der Waals surface area contributed by atoms with E-state index in [0.29, 0.717) is 12.6 Å². The van der Waals surface area contributed by atoms with E-state index in [-0.39, 0.29) is 5.78 Å². The number of carbonyl (C=O) groups is 1. The van der Waals surface area contributed by atoms with Crippen molar-refractivity contribution in [2.75, 3.05) is 32.7 Å². The second-order valence-electron chi connectivity index (χ2n) is 6.69. The van der Waals surface area contributed by atoms with E-state index >= 15 is 0 Å². The molecule has 3 nitrogen and oxygen atoms in total. The van der Waals surface area contributed by atoms with Gasteiger partial charge in [0.2, 0.25) is 0 Å². The SMILES string of the molecule is Cc1ccc(C(=O)CN2CCN([C@H](C)c3ccccc3)CC2)cc1. The Bertz CT molecular complexity index is 658. The predicted octanol–water partition coefficient (Wildman–Crippen LogP) is 3.56. The van der Waals surface area contributed by atoms with Crippen LogP contribution >= 0.6 is 0 Å². The van der Waals surface area contributed by atoms with E-state index in [1.165, 1.54) is 11.1 Å². The first-order chi connectivity index (χ1) is 11.6. The van der Waals surface area contributed by atoms with Crippen molar-refractivity contribution in [3.8, 4) is 0 Å². The van der Waals surface area contributed by atoms with Gasteiger partial charge in [-0.1, -0.05) is 60.2 Å². The van der Waals surface area contributed by atoms with E-state index in [1.807, 2.05) is 31.2 Å². The largest absolute Gasteiger partial charge is 0.294 e. The zero-order valence-electron chi connectivity index (χ0n) is 14.6. The maximum atomic E-state index is 12.4. The van der Waals surface area contributed by atoms with Crippen molar-refractivity contribution in [2.45, 2.75) is 19.9 Å². The van der Waals surface area contributed by atoms with E-state index in [9.17, 15) is 4.79 Å². The van der Waals surface area contributed by atoms with Gasteiger partial charge in [0, 0.05) is 37.8 Å². The Morgan fingerprint density at radius 2 is 1.58 bits per heavy atom. The molecule has 1 saturated heterocycles. The van der Waals surface area contributed by atoms with Crippen molar-refractivity contribution in [2.24, 2.45) is 0 Å². The third-order valence-corrected chi connectivity index (χ3v) is 4.98. The normalized spacial score (nSPS) is 17.6. The maximum absolute atomic E-state index is 12.4. The molecule has 0 aliphatic carbocycles. The van der Waals surface area contributed by atoms with E-state index in [2.05, 4.69) is 47.1 Å². The van der Waals surface area contributed by atoms with Crippen molar-refractivity contribution < 1.29 is 4.79 Å². The highest BCUT2D eigenvalue weighted by Gasteiger charge is 2.23. The van der Waals surface area contributed by atoms with Gasteiger partial charge < -0.3 is 0 Å².